The molecule has 2 saturated heterocycles. The third-order valence-corrected chi connectivity index (χ3v) is 4.93. The first kappa shape index (κ1) is 14.8. The Hall–Kier alpha value is -1.13. The molecule has 2 aliphatic rings. The Morgan fingerprint density at radius 2 is 1.95 bits per heavy atom. The fourth-order valence-electron chi connectivity index (χ4n) is 3.73. The molecule has 0 unspecified atom stereocenters. The van der Waals surface area contributed by atoms with E-state index in [4.69, 9.17) is 0 Å². The van der Waals surface area contributed by atoms with Crippen LogP contribution in [-0.4, -0.2) is 49.7 Å². The Balaban J connectivity index is 1.55. The van der Waals surface area contributed by atoms with Gasteiger partial charge in [-0.2, -0.15) is 0 Å². The van der Waals surface area contributed by atoms with Crippen LogP contribution in [0.5, 0.6) is 0 Å². The molecule has 0 aliphatic carbocycles. The van der Waals surface area contributed by atoms with Crippen molar-refractivity contribution in [2.24, 2.45) is 5.92 Å². The summed E-state index contributed by atoms with van der Waals surface area (Å²) in [5.74, 6) is 0.892. The summed E-state index contributed by atoms with van der Waals surface area (Å²) < 4.78 is 0. The van der Waals surface area contributed by atoms with Crippen molar-refractivity contribution in [3.63, 3.8) is 0 Å². The van der Waals surface area contributed by atoms with Gasteiger partial charge >= 0.3 is 0 Å². The fraction of sp³-hybridized carbons (Fsp3) is 0.706. The lowest BCUT2D eigenvalue weighted by atomic mass is 9.95. The highest BCUT2D eigenvalue weighted by Gasteiger charge is 2.23. The van der Waals surface area contributed by atoms with Crippen LogP contribution in [0.15, 0.2) is 18.5 Å². The first-order chi connectivity index (χ1) is 10.4. The van der Waals surface area contributed by atoms with Crippen LogP contribution in [0.4, 0.5) is 5.69 Å². The monoisotopic (exact) mass is 288 g/mol. The summed E-state index contributed by atoms with van der Waals surface area (Å²) in [6.45, 7) is 7.27. The van der Waals surface area contributed by atoms with Gasteiger partial charge < -0.3 is 15.1 Å². The number of aromatic nitrogens is 1. The molecule has 1 N–H and O–H groups in total. The van der Waals surface area contributed by atoms with Crippen LogP contribution >= 0.6 is 0 Å². The number of likely N-dealkylation sites (tertiary alicyclic amines) is 1. The number of anilines is 1. The molecule has 2 fully saturated rings. The molecule has 3 heterocycles. The van der Waals surface area contributed by atoms with Crippen molar-refractivity contribution >= 4 is 5.69 Å². The molecule has 0 aromatic carbocycles. The van der Waals surface area contributed by atoms with Gasteiger partial charge in [0.2, 0.25) is 0 Å². The van der Waals surface area contributed by atoms with Gasteiger partial charge in [-0.25, -0.2) is 0 Å². The molecule has 21 heavy (non-hydrogen) atoms. The smallest absolute Gasteiger partial charge is 0.0598 e. The Kier molecular flexibility index (Phi) is 5.09. The second-order valence-electron chi connectivity index (χ2n) is 6.47. The predicted molar refractivity (Wildman–Crippen MR) is 87.6 cm³/mol. The summed E-state index contributed by atoms with van der Waals surface area (Å²) in [5, 5.41) is 3.26. The molecule has 116 valence electrons. The van der Waals surface area contributed by atoms with E-state index in [9.17, 15) is 0 Å². The van der Waals surface area contributed by atoms with Crippen molar-refractivity contribution < 1.29 is 0 Å². The van der Waals surface area contributed by atoms with Crippen molar-refractivity contribution in [2.45, 2.75) is 32.2 Å². The number of rotatable bonds is 5. The van der Waals surface area contributed by atoms with Crippen LogP contribution in [-0.2, 0) is 6.54 Å². The lowest BCUT2D eigenvalue weighted by molar-refractivity contribution is 0.249. The molecule has 2 aliphatic heterocycles. The van der Waals surface area contributed by atoms with E-state index in [1.54, 1.807) is 0 Å². The summed E-state index contributed by atoms with van der Waals surface area (Å²) in [4.78, 5) is 9.52. The maximum atomic E-state index is 4.33. The Morgan fingerprint density at radius 1 is 1.19 bits per heavy atom. The molecule has 0 bridgehead atoms. The van der Waals surface area contributed by atoms with E-state index in [-0.39, 0.29) is 0 Å². The molecule has 0 atom stereocenters. The number of nitrogens with one attached hydrogen (secondary N) is 1. The molecule has 1 aromatic rings. The van der Waals surface area contributed by atoms with Crippen LogP contribution in [0.2, 0.25) is 0 Å². The van der Waals surface area contributed by atoms with Gasteiger partial charge in [0.05, 0.1) is 11.9 Å². The summed E-state index contributed by atoms with van der Waals surface area (Å²) in [7, 11) is 2.01. The van der Waals surface area contributed by atoms with Gasteiger partial charge in [0.15, 0.2) is 0 Å². The standard InChI is InChI=1S/C17H28N4/c1-18-12-16-4-7-19-13-17(16)21-10-5-15(6-11-21)14-20-8-2-3-9-20/h4,7,13,15,18H,2-3,5-6,8-12,14H2,1H3. The zero-order valence-electron chi connectivity index (χ0n) is 13.2. The minimum atomic E-state index is 0.892. The molecule has 0 radical (unpaired) electrons. The lowest BCUT2D eigenvalue weighted by Gasteiger charge is -2.36. The third-order valence-electron chi connectivity index (χ3n) is 4.93. The Bertz CT molecular complexity index is 434. The summed E-state index contributed by atoms with van der Waals surface area (Å²) >= 11 is 0. The van der Waals surface area contributed by atoms with Crippen molar-refractivity contribution in [1.29, 1.82) is 0 Å². The van der Waals surface area contributed by atoms with Crippen molar-refractivity contribution in [3.05, 3.63) is 24.0 Å². The largest absolute Gasteiger partial charge is 0.370 e. The quantitative estimate of drug-likeness (QED) is 0.899. The highest BCUT2D eigenvalue weighted by Crippen LogP contribution is 2.26. The van der Waals surface area contributed by atoms with Crippen molar-refractivity contribution in [1.82, 2.24) is 15.2 Å². The number of hydrogen-bond acceptors (Lipinski definition) is 4. The molecule has 4 nitrogen and oxygen atoms in total. The molecule has 3 rings (SSSR count). The van der Waals surface area contributed by atoms with Crippen LogP contribution in [0.3, 0.4) is 0 Å². The highest BCUT2D eigenvalue weighted by molar-refractivity contribution is 5.51. The van der Waals surface area contributed by atoms with Gasteiger partial charge in [-0.3, -0.25) is 4.98 Å². The molecular weight excluding hydrogens is 260 g/mol. The number of pyridine rings is 1. The minimum Gasteiger partial charge on any atom is -0.370 e. The maximum Gasteiger partial charge on any atom is 0.0598 e. The lowest BCUT2D eigenvalue weighted by Crippen LogP contribution is -2.38. The first-order valence-corrected chi connectivity index (χ1v) is 8.41. The second kappa shape index (κ2) is 7.23. The summed E-state index contributed by atoms with van der Waals surface area (Å²) in [5.41, 5.74) is 2.69. The maximum absolute atomic E-state index is 4.33. The van der Waals surface area contributed by atoms with Gasteiger partial charge in [-0.1, -0.05) is 0 Å². The third kappa shape index (κ3) is 3.74. The minimum absolute atomic E-state index is 0.892. The first-order valence-electron chi connectivity index (χ1n) is 8.41. The molecule has 1 aromatic heterocycles. The zero-order chi connectivity index (χ0) is 14.5. The normalized spacial score (nSPS) is 21.1. The molecule has 0 saturated carbocycles. The van der Waals surface area contributed by atoms with Crippen LogP contribution < -0.4 is 10.2 Å². The van der Waals surface area contributed by atoms with E-state index in [0.29, 0.717) is 0 Å². The number of nitrogens with zero attached hydrogens (tertiary/aromatic N) is 3. The SMILES string of the molecule is CNCc1ccncc1N1CCC(CN2CCCC2)CC1. The topological polar surface area (TPSA) is 31.4 Å². The van der Waals surface area contributed by atoms with E-state index >= 15 is 0 Å². The van der Waals surface area contributed by atoms with E-state index in [2.05, 4.69) is 26.2 Å². The Morgan fingerprint density at radius 3 is 2.67 bits per heavy atom. The molecule has 0 amide bonds. The van der Waals surface area contributed by atoms with Crippen LogP contribution in [0.25, 0.3) is 0 Å². The Labute approximate surface area is 128 Å². The van der Waals surface area contributed by atoms with E-state index in [1.807, 2.05) is 19.4 Å². The number of piperidine rings is 1. The summed E-state index contributed by atoms with van der Waals surface area (Å²) in [6, 6.07) is 2.14. The van der Waals surface area contributed by atoms with Gasteiger partial charge in [0.1, 0.15) is 0 Å². The van der Waals surface area contributed by atoms with E-state index in [0.717, 1.165) is 12.5 Å². The average Bonchev–Trinajstić information content (AvgIpc) is 3.02. The van der Waals surface area contributed by atoms with E-state index in [1.165, 1.54) is 69.7 Å². The van der Waals surface area contributed by atoms with Gasteiger partial charge in [0, 0.05) is 32.4 Å². The van der Waals surface area contributed by atoms with Crippen LogP contribution in [0, 0.1) is 5.92 Å². The molecule has 4 heteroatoms. The zero-order valence-corrected chi connectivity index (χ0v) is 13.2. The van der Waals surface area contributed by atoms with Gasteiger partial charge in [-0.05, 0) is 63.4 Å². The molecule has 0 spiro atoms. The van der Waals surface area contributed by atoms with Gasteiger partial charge in [0.25, 0.3) is 0 Å². The van der Waals surface area contributed by atoms with Crippen molar-refractivity contribution in [3.8, 4) is 0 Å². The van der Waals surface area contributed by atoms with Crippen molar-refractivity contribution in [2.75, 3.05) is 44.7 Å². The summed E-state index contributed by atoms with van der Waals surface area (Å²) in [6.07, 6.45) is 9.39. The average molecular weight is 288 g/mol. The number of hydrogen-bond donors (Lipinski definition) is 1. The van der Waals surface area contributed by atoms with E-state index < -0.39 is 0 Å². The van der Waals surface area contributed by atoms with Gasteiger partial charge in [-0.15, -0.1) is 0 Å². The fourth-order valence-corrected chi connectivity index (χ4v) is 3.73. The predicted octanol–water partition coefficient (Wildman–Crippen LogP) is 2.11. The second-order valence-corrected chi connectivity index (χ2v) is 6.47. The molecular formula is C17H28N4. The van der Waals surface area contributed by atoms with Crippen LogP contribution in [0.1, 0.15) is 31.2 Å². The highest BCUT2D eigenvalue weighted by atomic mass is 15.2.